The molecular formula is C16H20N5O12P2-. The Balaban J connectivity index is 1.59. The lowest BCUT2D eigenvalue weighted by Crippen LogP contribution is -2.48. The predicted octanol–water partition coefficient (Wildman–Crippen LogP) is -6.02. The minimum absolute atomic E-state index is 0.00239. The second kappa shape index (κ2) is 8.79. The van der Waals surface area contributed by atoms with Gasteiger partial charge in [-0.3, -0.25) is 4.57 Å². The Morgan fingerprint density at radius 2 is 1.74 bits per heavy atom. The lowest BCUT2D eigenvalue weighted by atomic mass is 10.1. The summed E-state index contributed by atoms with van der Waals surface area (Å²) >= 11 is 0. The molecule has 4 aliphatic rings. The molecule has 17 nitrogen and oxygen atoms in total. The summed E-state index contributed by atoms with van der Waals surface area (Å²) in [5.74, 6) is 0.00239. The largest absolute Gasteiger partial charge is 0.631 e. The third-order valence-electron chi connectivity index (χ3n) is 5.95. The standard InChI is InChI=1S/C16H21N5O12P2/c17-14-9-15-19-5-20(14)7-1-6(10(22)11(7)23)2-30-34(26,27)33-35(28,29)31-3-8-12(24)13(25)16(32-8)21(15)4-18-9/h1,4-5,7-8,10-13,16-17,22-25H,2-3H2,(H2,26,27,28,29)/p-1/t7-,8-,10-,11+,12-,13-,16-/m1/s1. The SMILES string of the molecule is Nc1c2ncn3c2nc[n+]1[C@@H]1C=C(CO[P+]([O-])([O-])O[P+]([O-])([O-])OC[C@H]2O[C@@H]3[C@H](O)[C@@H]2O)[C@@H](O)[C@H]1O. The molecule has 1 saturated heterocycles. The zero-order chi connectivity index (χ0) is 25.3. The van der Waals surface area contributed by atoms with E-state index in [1.165, 1.54) is 27.9 Å². The summed E-state index contributed by atoms with van der Waals surface area (Å²) in [5, 5.41) is 41.7. The number of rotatable bonds is 0. The van der Waals surface area contributed by atoms with Crippen LogP contribution in [-0.2, 0) is 18.1 Å². The van der Waals surface area contributed by atoms with Gasteiger partial charge >= 0.3 is 0 Å². The van der Waals surface area contributed by atoms with Gasteiger partial charge in [-0.15, -0.1) is 0 Å². The highest BCUT2D eigenvalue weighted by molar-refractivity contribution is 7.65. The maximum Gasteiger partial charge on any atom is 0.251 e. The number of nitrogen functional groups attached to an aromatic ring is 1. The van der Waals surface area contributed by atoms with E-state index >= 15 is 0 Å². The van der Waals surface area contributed by atoms with E-state index in [-0.39, 0.29) is 22.6 Å². The zero-order valence-electron chi connectivity index (χ0n) is 17.5. The Hall–Kier alpha value is -1.53. The monoisotopic (exact) mass is 536 g/mol. The van der Waals surface area contributed by atoms with Crippen LogP contribution in [0.25, 0.3) is 11.2 Å². The number of fused-ring (bicyclic) bond motifs is 7. The number of phosphoric acid groups is 2. The molecule has 0 saturated carbocycles. The van der Waals surface area contributed by atoms with Gasteiger partial charge in [0.1, 0.15) is 56.1 Å². The Morgan fingerprint density at radius 1 is 1.03 bits per heavy atom. The van der Waals surface area contributed by atoms with Crippen LogP contribution in [0.3, 0.4) is 0 Å². The number of anilines is 1. The first-order chi connectivity index (χ1) is 16.4. The van der Waals surface area contributed by atoms with Gasteiger partial charge in [-0.1, -0.05) is 9.29 Å². The lowest BCUT2D eigenvalue weighted by Gasteiger charge is -2.38. The molecule has 1 aliphatic carbocycles. The Labute approximate surface area is 197 Å². The van der Waals surface area contributed by atoms with E-state index in [4.69, 9.17) is 10.5 Å². The average molecular weight is 536 g/mol. The van der Waals surface area contributed by atoms with Crippen LogP contribution in [0.2, 0.25) is 0 Å². The van der Waals surface area contributed by atoms with Crippen molar-refractivity contribution in [1.82, 2.24) is 14.5 Å². The number of imidazole rings is 1. The highest BCUT2D eigenvalue weighted by Crippen LogP contribution is 2.60. The van der Waals surface area contributed by atoms with Crippen LogP contribution >= 0.6 is 16.3 Å². The van der Waals surface area contributed by atoms with Crippen LogP contribution in [-0.4, -0.2) is 78.7 Å². The van der Waals surface area contributed by atoms with E-state index in [0.717, 1.165) is 0 Å². The van der Waals surface area contributed by atoms with Gasteiger partial charge in [-0.2, -0.15) is 0 Å². The first-order valence-corrected chi connectivity index (χ1v) is 13.0. The molecule has 0 radical (unpaired) electrons. The Bertz CT molecular complexity index is 1160. The van der Waals surface area contributed by atoms with Crippen LogP contribution in [0.4, 0.5) is 5.82 Å². The van der Waals surface area contributed by atoms with E-state index in [1.54, 1.807) is 0 Å². The quantitative estimate of drug-likeness (QED) is 0.119. The van der Waals surface area contributed by atoms with Crippen molar-refractivity contribution in [2.75, 3.05) is 18.9 Å². The van der Waals surface area contributed by atoms with Crippen molar-refractivity contribution in [1.29, 1.82) is 0 Å². The summed E-state index contributed by atoms with van der Waals surface area (Å²) in [5.41, 5.74) is 6.38. The third-order valence-corrected chi connectivity index (χ3v) is 8.46. The summed E-state index contributed by atoms with van der Waals surface area (Å²) in [6, 6.07) is -1.02. The molecule has 6 N–H and O–H groups in total. The lowest BCUT2D eigenvalue weighted by molar-refractivity contribution is -0.707. The molecule has 8 bridgehead atoms. The first kappa shape index (κ1) is 25.1. The summed E-state index contributed by atoms with van der Waals surface area (Å²) in [6.07, 6.45) is -5.29. The van der Waals surface area contributed by atoms with Crippen molar-refractivity contribution in [2.24, 2.45) is 0 Å². The normalized spacial score (nSPS) is 36.9. The van der Waals surface area contributed by atoms with Gasteiger partial charge in [0, 0.05) is 0 Å². The third kappa shape index (κ3) is 4.43. The number of nitrogens with two attached hydrogens (primary N) is 1. The van der Waals surface area contributed by atoms with E-state index in [9.17, 15) is 40.0 Å². The van der Waals surface area contributed by atoms with Crippen molar-refractivity contribution in [3.8, 4) is 0 Å². The molecule has 3 aliphatic heterocycles. The molecule has 0 spiro atoms. The number of hydrogen-bond acceptors (Lipinski definition) is 15. The fraction of sp³-hybridized carbons (Fsp3) is 0.562. The topological polar surface area (TPSA) is 271 Å². The van der Waals surface area contributed by atoms with Gasteiger partial charge in [0.15, 0.2) is 11.7 Å². The average Bonchev–Trinajstić information content (AvgIpc) is 3.41. The number of nitrogens with zero attached hydrogens (tertiary/aromatic N) is 4. The fourth-order valence-electron chi connectivity index (χ4n) is 4.17. The molecule has 6 rings (SSSR count). The number of hydrogen-bond donors (Lipinski definition) is 5. The van der Waals surface area contributed by atoms with Gasteiger partial charge in [0.2, 0.25) is 12.0 Å². The van der Waals surface area contributed by atoms with E-state index in [1.807, 2.05) is 0 Å². The molecule has 35 heavy (non-hydrogen) atoms. The van der Waals surface area contributed by atoms with Crippen LogP contribution < -0.4 is 29.9 Å². The van der Waals surface area contributed by atoms with Crippen LogP contribution in [0.1, 0.15) is 12.3 Å². The molecule has 19 heteroatoms. The molecule has 192 valence electrons. The smallest absolute Gasteiger partial charge is 0.251 e. The zero-order valence-corrected chi connectivity index (χ0v) is 19.3. The molecule has 0 aromatic carbocycles. The summed E-state index contributed by atoms with van der Waals surface area (Å²) in [4.78, 5) is 56.6. The van der Waals surface area contributed by atoms with Crippen LogP contribution in [0.15, 0.2) is 24.3 Å². The van der Waals surface area contributed by atoms with Crippen molar-refractivity contribution in [2.45, 2.75) is 42.8 Å². The molecule has 5 heterocycles. The van der Waals surface area contributed by atoms with E-state index in [0.29, 0.717) is 0 Å². The minimum atomic E-state index is -5.53. The van der Waals surface area contributed by atoms with E-state index < -0.39 is 72.3 Å². The minimum Gasteiger partial charge on any atom is -0.631 e. The predicted molar refractivity (Wildman–Crippen MR) is 104 cm³/mol. The van der Waals surface area contributed by atoms with Crippen molar-refractivity contribution < 1.29 is 62.7 Å². The molecule has 2 aromatic rings. The number of aliphatic hydroxyl groups is 4. The Kier molecular flexibility index (Phi) is 6.32. The van der Waals surface area contributed by atoms with Crippen LogP contribution in [0.5, 0.6) is 0 Å². The van der Waals surface area contributed by atoms with Crippen molar-refractivity contribution >= 4 is 33.3 Å². The summed E-state index contributed by atoms with van der Waals surface area (Å²) < 4.78 is 21.1. The van der Waals surface area contributed by atoms with Gasteiger partial charge in [-0.25, -0.2) is 18.6 Å². The maximum atomic E-state index is 12.0. The molecule has 0 amide bonds. The fourth-order valence-corrected chi connectivity index (χ4v) is 6.17. The number of ether oxygens (including phenoxy) is 1. The second-order valence-corrected chi connectivity index (χ2v) is 11.1. The number of phosphoric ester groups is 2. The first-order valence-electron chi connectivity index (χ1n) is 10.1. The number of aliphatic hydroxyl groups excluding tert-OH is 4. The van der Waals surface area contributed by atoms with Gasteiger partial charge in [0.05, 0.1) is 0 Å². The maximum absolute atomic E-state index is 12.0. The van der Waals surface area contributed by atoms with Crippen LogP contribution in [0, 0.1) is 0 Å². The number of aromatic nitrogens is 4. The Morgan fingerprint density at radius 3 is 2.49 bits per heavy atom. The molecular weight excluding hydrogens is 516 g/mol. The second-order valence-electron chi connectivity index (χ2n) is 8.12. The van der Waals surface area contributed by atoms with Gasteiger partial charge in [0.25, 0.3) is 22.2 Å². The summed E-state index contributed by atoms with van der Waals surface area (Å²) in [7, 11) is -11.1. The van der Waals surface area contributed by atoms with Gasteiger partial charge in [-0.05, 0) is 11.6 Å². The molecule has 7 atom stereocenters. The van der Waals surface area contributed by atoms with E-state index in [2.05, 4.69) is 23.3 Å². The summed E-state index contributed by atoms with van der Waals surface area (Å²) in [6.45, 7) is -1.76. The molecule has 1 fully saturated rings. The van der Waals surface area contributed by atoms with Gasteiger partial charge < -0.3 is 50.5 Å². The highest BCUT2D eigenvalue weighted by Gasteiger charge is 2.47. The molecule has 0 unspecified atom stereocenters. The van der Waals surface area contributed by atoms with Crippen molar-refractivity contribution in [3.63, 3.8) is 0 Å². The molecule has 2 aromatic heterocycles. The highest BCUT2D eigenvalue weighted by atomic mass is 31.3. The van der Waals surface area contributed by atoms with Crippen molar-refractivity contribution in [3.05, 3.63) is 24.3 Å².